The Morgan fingerprint density at radius 3 is 1.31 bits per heavy atom. The minimum absolute atomic E-state index is 0.0543. The Kier molecular flexibility index (Phi) is 46.6. The number of aliphatic carboxylic acids is 1. The zero-order valence-electron chi connectivity index (χ0n) is 47.0. The predicted octanol–water partition coefficient (Wildman–Crippen LogP) is 15.1. The minimum Gasteiger partial charge on any atom is -0.479 e. The highest BCUT2D eigenvalue weighted by molar-refractivity contribution is 5.74. The maximum Gasteiger partial charge on any atom is 0.335 e. The van der Waals surface area contributed by atoms with Gasteiger partial charge in [-0.05, 0) is 96.3 Å². The molecule has 0 aromatic rings. The fourth-order valence-corrected chi connectivity index (χ4v) is 8.42. The van der Waals surface area contributed by atoms with Gasteiger partial charge in [0.25, 0.3) is 0 Å². The van der Waals surface area contributed by atoms with Gasteiger partial charge < -0.3 is 39.0 Å². The molecule has 0 bridgehead atoms. The van der Waals surface area contributed by atoms with Gasteiger partial charge in [0.15, 0.2) is 24.6 Å². The van der Waals surface area contributed by atoms with Crippen molar-refractivity contribution in [1.82, 2.24) is 0 Å². The summed E-state index contributed by atoms with van der Waals surface area (Å²) < 4.78 is 28.3. The van der Waals surface area contributed by atoms with E-state index < -0.39 is 67.3 Å². The first-order chi connectivity index (χ1) is 36.6. The van der Waals surface area contributed by atoms with Crippen LogP contribution in [-0.2, 0) is 42.9 Å². The van der Waals surface area contributed by atoms with Crippen LogP contribution in [0.25, 0.3) is 0 Å². The number of ether oxygens (including phenoxy) is 5. The van der Waals surface area contributed by atoms with E-state index in [9.17, 15) is 34.5 Å². The molecule has 1 heterocycles. The van der Waals surface area contributed by atoms with Gasteiger partial charge in [-0.15, -0.1) is 0 Å². The van der Waals surface area contributed by atoms with Crippen LogP contribution >= 0.6 is 0 Å². The van der Waals surface area contributed by atoms with E-state index >= 15 is 0 Å². The molecule has 428 valence electrons. The lowest BCUT2D eigenvalue weighted by atomic mass is 9.98. The Morgan fingerprint density at radius 1 is 0.453 bits per heavy atom. The van der Waals surface area contributed by atoms with E-state index in [0.717, 1.165) is 128 Å². The number of aliphatic hydroxyl groups excluding tert-OH is 2. The first-order valence-corrected chi connectivity index (χ1v) is 29.6. The monoisotopic (exact) mass is 1050 g/mol. The lowest BCUT2D eigenvalue weighted by Gasteiger charge is -2.40. The van der Waals surface area contributed by atoms with Crippen LogP contribution < -0.4 is 0 Å². The summed E-state index contributed by atoms with van der Waals surface area (Å²) in [7, 11) is 0. The number of carbonyl (C=O) groups excluding carboxylic acids is 3. The van der Waals surface area contributed by atoms with Gasteiger partial charge in [-0.3, -0.25) is 14.4 Å². The van der Waals surface area contributed by atoms with Crippen molar-refractivity contribution in [3.8, 4) is 0 Å². The Labute approximate surface area is 454 Å². The van der Waals surface area contributed by atoms with E-state index in [4.69, 9.17) is 23.7 Å². The first-order valence-electron chi connectivity index (χ1n) is 29.6. The highest BCUT2D eigenvalue weighted by Gasteiger charge is 2.50. The molecule has 1 fully saturated rings. The molecule has 0 spiro atoms. The number of allylic oxidation sites excluding steroid dienone is 14. The van der Waals surface area contributed by atoms with Crippen molar-refractivity contribution in [2.75, 3.05) is 13.2 Å². The van der Waals surface area contributed by atoms with Crippen molar-refractivity contribution in [2.45, 2.75) is 276 Å². The molecule has 0 radical (unpaired) electrons. The summed E-state index contributed by atoms with van der Waals surface area (Å²) in [6.07, 6.45) is 52.8. The minimum atomic E-state index is -1.91. The van der Waals surface area contributed by atoms with Gasteiger partial charge in [-0.25, -0.2) is 4.79 Å². The summed E-state index contributed by atoms with van der Waals surface area (Å²) >= 11 is 0. The molecule has 0 aromatic heterocycles. The Hall–Kier alpha value is -4.10. The van der Waals surface area contributed by atoms with Crippen molar-refractivity contribution in [2.24, 2.45) is 0 Å². The first kappa shape index (κ1) is 68.9. The molecule has 6 unspecified atom stereocenters. The van der Waals surface area contributed by atoms with E-state index in [0.29, 0.717) is 19.3 Å². The topological polar surface area (TPSA) is 175 Å². The molecule has 1 aliphatic rings. The SMILES string of the molecule is CC/C=C\C/C=C\C/C=C\C/C=C\CCCCCCC(=O)OC(COC(=O)CCCCCCCC/C=C\C/C=C\C/C=C\CCCCC)COC1OC(C(=O)O)C(O)C(O)C1OC(=O)CCCCCCCCCCC. The molecule has 1 rings (SSSR count). The van der Waals surface area contributed by atoms with Crippen LogP contribution in [0.4, 0.5) is 0 Å². The van der Waals surface area contributed by atoms with Gasteiger partial charge in [0.2, 0.25) is 0 Å². The van der Waals surface area contributed by atoms with Crippen LogP contribution in [0.1, 0.15) is 239 Å². The second-order valence-electron chi connectivity index (χ2n) is 19.9. The average Bonchev–Trinajstić information content (AvgIpc) is 3.39. The molecule has 12 heteroatoms. The number of aliphatic hydroxyl groups is 2. The number of rotatable bonds is 49. The van der Waals surface area contributed by atoms with E-state index in [1.807, 2.05) is 0 Å². The van der Waals surface area contributed by atoms with E-state index in [-0.39, 0.29) is 25.9 Å². The Balaban J connectivity index is 2.69. The third-order valence-corrected chi connectivity index (χ3v) is 13.0. The third kappa shape index (κ3) is 40.8. The van der Waals surface area contributed by atoms with Crippen molar-refractivity contribution in [3.63, 3.8) is 0 Å². The van der Waals surface area contributed by atoms with Gasteiger partial charge in [-0.1, -0.05) is 209 Å². The summed E-state index contributed by atoms with van der Waals surface area (Å²) in [4.78, 5) is 51.0. The van der Waals surface area contributed by atoms with Crippen LogP contribution in [0.3, 0.4) is 0 Å². The summed E-state index contributed by atoms with van der Waals surface area (Å²) in [5, 5.41) is 31.4. The molecular formula is C63H104O12. The van der Waals surface area contributed by atoms with Crippen LogP contribution in [0.15, 0.2) is 85.1 Å². The molecule has 6 atom stereocenters. The molecule has 3 N–H and O–H groups in total. The summed E-state index contributed by atoms with van der Waals surface area (Å²) in [5.74, 6) is -3.17. The molecule has 0 aromatic carbocycles. The molecule has 1 aliphatic heterocycles. The lowest BCUT2D eigenvalue weighted by Crippen LogP contribution is -2.61. The number of carboxylic acids is 1. The fourth-order valence-electron chi connectivity index (χ4n) is 8.42. The molecule has 12 nitrogen and oxygen atoms in total. The van der Waals surface area contributed by atoms with E-state index in [1.54, 1.807) is 0 Å². The van der Waals surface area contributed by atoms with Gasteiger partial charge in [0, 0.05) is 19.3 Å². The zero-order valence-corrected chi connectivity index (χ0v) is 47.0. The number of unbranched alkanes of at least 4 members (excludes halogenated alkanes) is 21. The highest BCUT2D eigenvalue weighted by Crippen LogP contribution is 2.26. The molecule has 0 aliphatic carbocycles. The molecule has 75 heavy (non-hydrogen) atoms. The summed E-state index contributed by atoms with van der Waals surface area (Å²) in [5.41, 5.74) is 0. The smallest absolute Gasteiger partial charge is 0.335 e. The molecule has 1 saturated heterocycles. The molecule has 0 amide bonds. The van der Waals surface area contributed by atoms with E-state index in [1.165, 1.54) is 51.4 Å². The van der Waals surface area contributed by atoms with Gasteiger partial charge in [-0.2, -0.15) is 0 Å². The van der Waals surface area contributed by atoms with Gasteiger partial charge in [0.05, 0.1) is 6.61 Å². The second kappa shape index (κ2) is 50.7. The fraction of sp³-hybridized carbons (Fsp3) is 0.714. The number of carbonyl (C=O) groups is 4. The predicted molar refractivity (Wildman–Crippen MR) is 303 cm³/mol. The number of hydrogen-bond acceptors (Lipinski definition) is 11. The van der Waals surface area contributed by atoms with Crippen molar-refractivity contribution >= 4 is 23.9 Å². The quantitative estimate of drug-likeness (QED) is 0.0228. The van der Waals surface area contributed by atoms with E-state index in [2.05, 4.69) is 106 Å². The maximum atomic E-state index is 13.1. The largest absolute Gasteiger partial charge is 0.479 e. The molecular weight excluding hydrogens is 949 g/mol. The molecule has 0 saturated carbocycles. The Bertz CT molecular complexity index is 1630. The maximum absolute atomic E-state index is 13.1. The number of hydrogen-bond donors (Lipinski definition) is 3. The summed E-state index contributed by atoms with van der Waals surface area (Å²) in [6.45, 7) is 5.78. The average molecular weight is 1050 g/mol. The standard InChI is InChI=1S/C63H104O12/c1-4-7-10-13-16-19-21-23-25-27-28-30-31-33-35-38-40-43-46-49-55(64)71-52-54(73-56(65)50-47-44-42-39-36-34-32-29-26-24-22-20-17-14-11-8-5-2)53-72-63-61(59(68)58(67)60(75-63)62(69)70)74-57(66)51-48-45-41-37-18-15-12-9-6-3/h8,11,16-17,19-20,23-26,28,30,32,34,54,58-61,63,67-68H,4-7,9-10,12-15,18,21-22,27,29,31,33,35-53H2,1-3H3,(H,69,70)/b11-8-,19-16-,20-17-,25-23-,26-24-,30-28-,34-32-. The van der Waals surface area contributed by atoms with Crippen LogP contribution in [0.2, 0.25) is 0 Å². The van der Waals surface area contributed by atoms with Crippen LogP contribution in [-0.4, -0.2) is 89.2 Å². The van der Waals surface area contributed by atoms with Crippen molar-refractivity contribution in [3.05, 3.63) is 85.1 Å². The van der Waals surface area contributed by atoms with Gasteiger partial charge in [0.1, 0.15) is 18.8 Å². The normalized spacial score (nSPS) is 18.8. The second-order valence-corrected chi connectivity index (χ2v) is 19.9. The third-order valence-electron chi connectivity index (χ3n) is 13.0. The highest BCUT2D eigenvalue weighted by atomic mass is 16.7. The van der Waals surface area contributed by atoms with Crippen LogP contribution in [0, 0.1) is 0 Å². The van der Waals surface area contributed by atoms with Gasteiger partial charge >= 0.3 is 23.9 Å². The summed E-state index contributed by atoms with van der Waals surface area (Å²) in [6, 6.07) is 0. The van der Waals surface area contributed by atoms with Crippen molar-refractivity contribution in [1.29, 1.82) is 0 Å². The number of esters is 3. The number of carboxylic acid groups (broad SMARTS) is 1. The van der Waals surface area contributed by atoms with Crippen molar-refractivity contribution < 1.29 is 58.2 Å². The zero-order chi connectivity index (χ0) is 54.7. The Morgan fingerprint density at radius 2 is 0.840 bits per heavy atom. The van der Waals surface area contributed by atoms with Crippen LogP contribution in [0.5, 0.6) is 0 Å². The lowest BCUT2D eigenvalue weighted by molar-refractivity contribution is -0.301.